The first-order valence-electron chi connectivity index (χ1n) is 8.16. The van der Waals surface area contributed by atoms with E-state index in [2.05, 4.69) is 0 Å². The third-order valence-electron chi connectivity index (χ3n) is 4.70. The summed E-state index contributed by atoms with van der Waals surface area (Å²) in [6, 6.07) is 19.1. The predicted molar refractivity (Wildman–Crippen MR) is 103 cm³/mol. The molecule has 0 atom stereocenters. The number of aryl methyl sites for hydroxylation is 1. The molecular formula is C22H19O2P. The van der Waals surface area contributed by atoms with E-state index in [1.54, 1.807) is 6.07 Å². The van der Waals surface area contributed by atoms with E-state index >= 15 is 0 Å². The molecular weight excluding hydrogens is 327 g/mol. The van der Waals surface area contributed by atoms with Crippen LogP contribution < -0.4 is 5.30 Å². The zero-order chi connectivity index (χ0) is 18.0. The van der Waals surface area contributed by atoms with Crippen molar-refractivity contribution >= 4 is 19.5 Å². The van der Waals surface area contributed by atoms with Gasteiger partial charge >= 0.3 is 0 Å². The van der Waals surface area contributed by atoms with Gasteiger partial charge in [0.2, 0.25) is 0 Å². The van der Waals surface area contributed by atoms with Crippen LogP contribution in [0, 0.1) is 20.8 Å². The fourth-order valence-corrected chi connectivity index (χ4v) is 3.33. The Labute approximate surface area is 149 Å². The molecule has 2 nitrogen and oxygen atoms in total. The van der Waals surface area contributed by atoms with Crippen LogP contribution >= 0.6 is 8.46 Å². The fourth-order valence-electron chi connectivity index (χ4n) is 2.95. The van der Waals surface area contributed by atoms with Crippen molar-refractivity contribution in [2.45, 2.75) is 20.8 Å². The third kappa shape index (κ3) is 3.45. The molecule has 0 aromatic heterocycles. The molecule has 3 heteroatoms. The van der Waals surface area contributed by atoms with Gasteiger partial charge in [-0.05, 0) is 66.8 Å². The molecule has 0 fully saturated rings. The second-order valence-electron chi connectivity index (χ2n) is 6.24. The summed E-state index contributed by atoms with van der Waals surface area (Å²) < 4.78 is 11.5. The van der Waals surface area contributed by atoms with Gasteiger partial charge in [-0.25, -0.2) is 0 Å². The van der Waals surface area contributed by atoms with Crippen LogP contribution in [0.25, 0.3) is 11.1 Å². The van der Waals surface area contributed by atoms with Crippen LogP contribution in [0.15, 0.2) is 60.7 Å². The number of rotatable bonds is 4. The van der Waals surface area contributed by atoms with Crippen molar-refractivity contribution in [2.75, 3.05) is 0 Å². The molecule has 0 aliphatic rings. The van der Waals surface area contributed by atoms with Crippen molar-refractivity contribution in [2.24, 2.45) is 0 Å². The zero-order valence-electron chi connectivity index (χ0n) is 14.5. The largest absolute Gasteiger partial charge is 0.289 e. The van der Waals surface area contributed by atoms with Crippen molar-refractivity contribution in [3.8, 4) is 11.1 Å². The first-order valence-corrected chi connectivity index (χ1v) is 8.98. The van der Waals surface area contributed by atoms with Gasteiger partial charge in [0.1, 0.15) is 0 Å². The molecule has 0 N–H and O–H groups in total. The van der Waals surface area contributed by atoms with Crippen molar-refractivity contribution < 1.29 is 9.36 Å². The molecule has 0 spiro atoms. The molecule has 0 amide bonds. The zero-order valence-corrected chi connectivity index (χ0v) is 15.4. The van der Waals surface area contributed by atoms with Crippen LogP contribution in [-0.2, 0) is 4.57 Å². The van der Waals surface area contributed by atoms with Crippen LogP contribution in [-0.4, -0.2) is 5.78 Å². The monoisotopic (exact) mass is 346 g/mol. The second-order valence-corrected chi connectivity index (χ2v) is 6.93. The summed E-state index contributed by atoms with van der Waals surface area (Å²) >= 11 is 0. The molecule has 0 bridgehead atoms. The van der Waals surface area contributed by atoms with Gasteiger partial charge in [-0.1, -0.05) is 42.5 Å². The first-order chi connectivity index (χ1) is 12.0. The molecule has 0 saturated heterocycles. The average Bonchev–Trinajstić information content (AvgIpc) is 2.66. The molecule has 3 aromatic carbocycles. The van der Waals surface area contributed by atoms with Gasteiger partial charge in [-0.15, -0.1) is 0 Å². The van der Waals surface area contributed by atoms with Crippen LogP contribution in [0.2, 0.25) is 0 Å². The van der Waals surface area contributed by atoms with Gasteiger partial charge < -0.3 is 0 Å². The lowest BCUT2D eigenvalue weighted by molar-refractivity contribution is 0.103. The van der Waals surface area contributed by atoms with Gasteiger partial charge in [-0.3, -0.25) is 9.36 Å². The van der Waals surface area contributed by atoms with Gasteiger partial charge in [0.05, 0.1) is 0 Å². The Morgan fingerprint density at radius 3 is 2.20 bits per heavy atom. The van der Waals surface area contributed by atoms with Crippen LogP contribution in [0.3, 0.4) is 0 Å². The molecule has 3 rings (SSSR count). The van der Waals surface area contributed by atoms with Gasteiger partial charge in [-0.2, -0.15) is 0 Å². The van der Waals surface area contributed by atoms with Gasteiger partial charge in [0.25, 0.3) is 0 Å². The lowest BCUT2D eigenvalue weighted by atomic mass is 9.92. The first kappa shape index (κ1) is 17.3. The van der Waals surface area contributed by atoms with E-state index in [0.29, 0.717) is 16.4 Å². The maximum atomic E-state index is 13.1. The molecule has 0 unspecified atom stereocenters. The minimum atomic E-state index is -0.0896. The SMILES string of the molecule is Cc1ccc(C(=O)c2cc(P=O)cc(-c3ccccc3)c2)c(C)c1C. The molecule has 124 valence electrons. The van der Waals surface area contributed by atoms with E-state index in [4.69, 9.17) is 0 Å². The van der Waals surface area contributed by atoms with E-state index < -0.39 is 0 Å². The molecule has 0 aliphatic carbocycles. The van der Waals surface area contributed by atoms with E-state index in [-0.39, 0.29) is 14.2 Å². The molecule has 3 aromatic rings. The summed E-state index contributed by atoms with van der Waals surface area (Å²) in [6.45, 7) is 6.05. The quantitative estimate of drug-likeness (QED) is 0.466. The fraction of sp³-hybridized carbons (Fsp3) is 0.136. The Hall–Kier alpha value is -2.57. The number of carbonyl (C=O) groups is 1. The van der Waals surface area contributed by atoms with E-state index in [9.17, 15) is 9.36 Å². The summed E-state index contributed by atoms with van der Waals surface area (Å²) in [5.41, 5.74) is 6.45. The molecule has 0 radical (unpaired) electrons. The predicted octanol–water partition coefficient (Wildman–Crippen LogP) is 5.43. The number of benzene rings is 3. The number of carbonyl (C=O) groups excluding carboxylic acids is 1. The van der Waals surface area contributed by atoms with E-state index in [1.165, 1.54) is 5.56 Å². The molecule has 25 heavy (non-hydrogen) atoms. The number of ketones is 1. The number of hydrogen-bond donors (Lipinski definition) is 0. The van der Waals surface area contributed by atoms with Crippen LogP contribution in [0.1, 0.15) is 32.6 Å². The minimum Gasteiger partial charge on any atom is -0.289 e. The average molecular weight is 346 g/mol. The lowest BCUT2D eigenvalue weighted by Gasteiger charge is -2.12. The van der Waals surface area contributed by atoms with E-state index in [1.807, 2.05) is 75.4 Å². The highest BCUT2D eigenvalue weighted by Crippen LogP contribution is 2.24. The maximum absolute atomic E-state index is 13.1. The lowest BCUT2D eigenvalue weighted by Crippen LogP contribution is -2.08. The third-order valence-corrected chi connectivity index (χ3v) is 5.16. The summed E-state index contributed by atoms with van der Waals surface area (Å²) in [5, 5.41) is 0.603. The highest BCUT2D eigenvalue weighted by molar-refractivity contribution is 7.34. The van der Waals surface area contributed by atoms with Gasteiger partial charge in [0, 0.05) is 16.4 Å². The highest BCUT2D eigenvalue weighted by Gasteiger charge is 2.16. The molecule has 0 saturated carbocycles. The van der Waals surface area contributed by atoms with Gasteiger partial charge in [0.15, 0.2) is 14.2 Å². The van der Waals surface area contributed by atoms with Crippen molar-refractivity contribution in [3.63, 3.8) is 0 Å². The minimum absolute atomic E-state index is 0.0386. The summed E-state index contributed by atoms with van der Waals surface area (Å²) in [5.74, 6) is -0.0386. The Morgan fingerprint density at radius 2 is 1.52 bits per heavy atom. The second kappa shape index (κ2) is 7.13. The van der Waals surface area contributed by atoms with Crippen LogP contribution in [0.5, 0.6) is 0 Å². The molecule has 0 aliphatic heterocycles. The Bertz CT molecular complexity index is 959. The summed E-state index contributed by atoms with van der Waals surface area (Å²) in [4.78, 5) is 13.1. The van der Waals surface area contributed by atoms with Crippen molar-refractivity contribution in [1.82, 2.24) is 0 Å². The van der Waals surface area contributed by atoms with Crippen molar-refractivity contribution in [3.05, 3.63) is 88.5 Å². The van der Waals surface area contributed by atoms with Crippen molar-refractivity contribution in [1.29, 1.82) is 0 Å². The summed E-state index contributed by atoms with van der Waals surface area (Å²) in [7, 11) is -0.0896. The normalized spacial score (nSPS) is 10.8. The topological polar surface area (TPSA) is 34.1 Å². The van der Waals surface area contributed by atoms with Crippen LogP contribution in [0.4, 0.5) is 0 Å². The Balaban J connectivity index is 2.12. The Kier molecular flexibility index (Phi) is 4.92. The van der Waals surface area contributed by atoms with E-state index in [0.717, 1.165) is 22.3 Å². The maximum Gasteiger partial charge on any atom is 0.193 e. The summed E-state index contributed by atoms with van der Waals surface area (Å²) in [6.07, 6.45) is 0. The standard InChI is InChI=1S/C22H19O2P/c1-14-9-10-21(16(3)15(14)2)22(23)19-11-18(12-20(13-19)25-24)17-7-5-4-6-8-17/h4-13H,1-3H3. The number of hydrogen-bond acceptors (Lipinski definition) is 2. The highest BCUT2D eigenvalue weighted by atomic mass is 31.1. The molecule has 0 heterocycles. The Morgan fingerprint density at radius 1 is 0.800 bits per heavy atom. The smallest absolute Gasteiger partial charge is 0.193 e.